The van der Waals surface area contributed by atoms with Gasteiger partial charge in [-0.1, -0.05) is 56.0 Å². The Hall–Kier alpha value is -10.8. The molecule has 0 saturated carbocycles. The second kappa shape index (κ2) is 28.6. The molecule has 8 heterocycles. The van der Waals surface area contributed by atoms with Crippen LogP contribution in [0, 0.1) is 59.2 Å². The Morgan fingerprint density at radius 3 is 1.23 bits per heavy atom. The Morgan fingerprint density at radius 1 is 0.484 bits per heavy atom. The molecule has 0 bridgehead atoms. The molecular formula is C75H78N18. The molecule has 468 valence electrons. The number of pyridine rings is 4. The van der Waals surface area contributed by atoms with Crippen LogP contribution in [0.1, 0.15) is 131 Å². The van der Waals surface area contributed by atoms with E-state index in [-0.39, 0.29) is 18.5 Å². The van der Waals surface area contributed by atoms with E-state index in [9.17, 15) is 21.0 Å². The minimum absolute atomic E-state index is 0. The Bertz CT molecular complexity index is 4200. The average Bonchev–Trinajstić information content (AvgIpc) is 0.782. The summed E-state index contributed by atoms with van der Waals surface area (Å²) in [4.78, 5) is 41.1. The third kappa shape index (κ3) is 15.5. The normalized spacial score (nSPS) is 13.6. The molecule has 93 heavy (non-hydrogen) atoms. The molecule has 2 aliphatic rings. The molecular weight excluding hydrogens is 1150 g/mol. The Balaban J connectivity index is 0.000000201. The van der Waals surface area contributed by atoms with Crippen LogP contribution in [0.4, 0.5) is 34.4 Å². The maximum atomic E-state index is 10.5. The first kappa shape index (κ1) is 65.2. The second-order valence-electron chi connectivity index (χ2n) is 25.6. The molecule has 2 aliphatic heterocycles. The van der Waals surface area contributed by atoms with Crippen molar-refractivity contribution in [3.05, 3.63) is 202 Å². The molecule has 4 N–H and O–H groups in total. The standard InChI is InChI=1S/2C37H37N9.CH4/c2*1-24-18-29(12-11-25(24)19-33-27(20-38)23-41-35(44-33)26-8-7-15-40-22-26)42-36-31(21-39)34(30-9-5-6-10-32(30)43-36)46-16-13-28(14-17-46)45-37(2,3)4;/h2*5-12,15,18,22-23,28,45H,13-14,16-17,19H2,1-4H3,(H,42,43);1H4. The fourth-order valence-electron chi connectivity index (χ4n) is 12.3. The predicted molar refractivity (Wildman–Crippen MR) is 370 cm³/mol. The fraction of sp³-hybridized carbons (Fsp3) is 0.307. The highest BCUT2D eigenvalue weighted by molar-refractivity contribution is 5.99. The van der Waals surface area contributed by atoms with Gasteiger partial charge in [0.2, 0.25) is 0 Å². The highest BCUT2D eigenvalue weighted by atomic mass is 15.2. The fourth-order valence-corrected chi connectivity index (χ4v) is 12.3. The molecule has 0 spiro atoms. The summed E-state index contributed by atoms with van der Waals surface area (Å²) < 4.78 is 0. The molecule has 6 aromatic heterocycles. The van der Waals surface area contributed by atoms with Gasteiger partial charge in [-0.25, -0.2) is 29.9 Å². The lowest BCUT2D eigenvalue weighted by Crippen LogP contribution is -2.49. The molecule has 4 aromatic carbocycles. The molecule has 18 heteroatoms. The lowest BCUT2D eigenvalue weighted by molar-refractivity contribution is 0.317. The number of piperidine rings is 2. The van der Waals surface area contributed by atoms with Gasteiger partial charge in [0.05, 0.1) is 44.9 Å². The highest BCUT2D eigenvalue weighted by Gasteiger charge is 2.30. The van der Waals surface area contributed by atoms with Crippen LogP contribution in [0.3, 0.4) is 0 Å². The van der Waals surface area contributed by atoms with Gasteiger partial charge >= 0.3 is 0 Å². The molecule has 0 radical (unpaired) electrons. The summed E-state index contributed by atoms with van der Waals surface area (Å²) in [7, 11) is 0. The van der Waals surface area contributed by atoms with Gasteiger partial charge in [0.15, 0.2) is 23.3 Å². The number of rotatable bonds is 14. The molecule has 12 rings (SSSR count). The Labute approximate surface area is 545 Å². The van der Waals surface area contributed by atoms with Crippen LogP contribution in [-0.4, -0.2) is 89.2 Å². The zero-order valence-electron chi connectivity index (χ0n) is 53.3. The number of aromatic nitrogens is 8. The van der Waals surface area contributed by atoms with Gasteiger partial charge in [-0.2, -0.15) is 21.0 Å². The molecule has 0 atom stereocenters. The van der Waals surface area contributed by atoms with Crippen LogP contribution >= 0.6 is 0 Å². The number of hydrogen-bond donors (Lipinski definition) is 4. The van der Waals surface area contributed by atoms with Crippen molar-refractivity contribution in [3.63, 3.8) is 0 Å². The second-order valence-corrected chi connectivity index (χ2v) is 25.6. The molecule has 0 unspecified atom stereocenters. The van der Waals surface area contributed by atoms with Gasteiger partial charge in [-0.15, -0.1) is 0 Å². The number of nitrogens with one attached hydrogen (secondary N) is 4. The van der Waals surface area contributed by atoms with Gasteiger partial charge in [0.1, 0.15) is 35.4 Å². The molecule has 0 amide bonds. The van der Waals surface area contributed by atoms with Gasteiger partial charge in [0.25, 0.3) is 0 Å². The summed E-state index contributed by atoms with van der Waals surface area (Å²) in [5, 5.41) is 56.8. The van der Waals surface area contributed by atoms with E-state index in [1.165, 1.54) is 0 Å². The van der Waals surface area contributed by atoms with Crippen LogP contribution in [0.2, 0.25) is 0 Å². The predicted octanol–water partition coefficient (Wildman–Crippen LogP) is 14.3. The molecule has 0 aliphatic carbocycles. The van der Waals surface area contributed by atoms with Crippen molar-refractivity contribution in [1.29, 1.82) is 21.0 Å². The minimum Gasteiger partial charge on any atom is -0.370 e. The summed E-state index contributed by atoms with van der Waals surface area (Å²) in [6.45, 7) is 20.7. The quantitative estimate of drug-likeness (QED) is 0.0789. The number of hydrogen-bond acceptors (Lipinski definition) is 18. The molecule has 2 fully saturated rings. The number of nitriles is 4. The Morgan fingerprint density at radius 2 is 0.882 bits per heavy atom. The monoisotopic (exact) mass is 1230 g/mol. The van der Waals surface area contributed by atoms with Crippen molar-refractivity contribution >= 4 is 56.2 Å². The zero-order chi connectivity index (χ0) is 64.5. The van der Waals surface area contributed by atoms with Crippen molar-refractivity contribution < 1.29 is 0 Å². The maximum absolute atomic E-state index is 10.5. The van der Waals surface area contributed by atoms with Gasteiger partial charge in [-0.3, -0.25) is 9.97 Å². The third-order valence-corrected chi connectivity index (χ3v) is 16.6. The van der Waals surface area contributed by atoms with Gasteiger partial charge in [0, 0.05) is 133 Å². The van der Waals surface area contributed by atoms with Crippen molar-refractivity contribution in [2.24, 2.45) is 0 Å². The summed E-state index contributed by atoms with van der Waals surface area (Å²) in [6, 6.07) is 46.0. The van der Waals surface area contributed by atoms with Crippen LogP contribution in [0.5, 0.6) is 0 Å². The molecule has 10 aromatic rings. The first-order valence-electron chi connectivity index (χ1n) is 31.2. The van der Waals surface area contributed by atoms with E-state index in [1.807, 2.05) is 111 Å². The average molecular weight is 1230 g/mol. The van der Waals surface area contributed by atoms with Crippen molar-refractivity contribution in [2.75, 3.05) is 46.6 Å². The van der Waals surface area contributed by atoms with E-state index in [0.717, 1.165) is 130 Å². The SMILES string of the molecule is C.Cc1cc(Nc2nc3ccccc3c(N3CCC(NC(C)(C)C)CC3)c2C#N)ccc1Cc1nc(-c2cccnc2)ncc1C#N.Cc1cc(Nc2nc3ccccc3c(N3CCC(NC(C)(C)C)CC3)c2C#N)ccc1Cc1nc(-c2cccnc2)ncc1C#N. The summed E-state index contributed by atoms with van der Waals surface area (Å²) in [5.41, 5.74) is 14.4. The first-order chi connectivity index (χ1) is 44.4. The van der Waals surface area contributed by atoms with E-state index in [0.29, 0.717) is 81.9 Å². The largest absolute Gasteiger partial charge is 0.370 e. The van der Waals surface area contributed by atoms with Gasteiger partial charge in [-0.05, 0) is 164 Å². The molecule has 2 saturated heterocycles. The van der Waals surface area contributed by atoms with Crippen molar-refractivity contribution in [2.45, 2.75) is 125 Å². The van der Waals surface area contributed by atoms with Crippen LogP contribution in [-0.2, 0) is 12.8 Å². The number of fused-ring (bicyclic) bond motifs is 2. The van der Waals surface area contributed by atoms with E-state index < -0.39 is 0 Å². The number of aryl methyl sites for hydroxylation is 2. The first-order valence-corrected chi connectivity index (χ1v) is 31.2. The van der Waals surface area contributed by atoms with Gasteiger partial charge < -0.3 is 31.1 Å². The van der Waals surface area contributed by atoms with E-state index >= 15 is 0 Å². The van der Waals surface area contributed by atoms with Crippen molar-refractivity contribution in [1.82, 2.24) is 50.5 Å². The number of para-hydroxylation sites is 2. The maximum Gasteiger partial charge on any atom is 0.161 e. The highest BCUT2D eigenvalue weighted by Crippen LogP contribution is 2.39. The van der Waals surface area contributed by atoms with E-state index in [4.69, 9.17) is 19.9 Å². The van der Waals surface area contributed by atoms with E-state index in [1.54, 1.807) is 37.2 Å². The zero-order valence-corrected chi connectivity index (χ0v) is 53.3. The minimum atomic E-state index is 0. The summed E-state index contributed by atoms with van der Waals surface area (Å²) in [6.07, 6.45) is 15.0. The number of benzene rings is 4. The lowest BCUT2D eigenvalue weighted by Gasteiger charge is -2.38. The molecule has 18 nitrogen and oxygen atoms in total. The smallest absolute Gasteiger partial charge is 0.161 e. The van der Waals surface area contributed by atoms with Crippen LogP contribution < -0.4 is 31.1 Å². The lowest BCUT2D eigenvalue weighted by atomic mass is 9.98. The topological polar surface area (TPSA) is 253 Å². The van der Waals surface area contributed by atoms with Crippen molar-refractivity contribution in [3.8, 4) is 47.1 Å². The summed E-state index contributed by atoms with van der Waals surface area (Å²) in [5.74, 6) is 2.16. The number of anilines is 6. The summed E-state index contributed by atoms with van der Waals surface area (Å²) >= 11 is 0. The Kier molecular flexibility index (Phi) is 20.0. The van der Waals surface area contributed by atoms with Crippen LogP contribution in [0.25, 0.3) is 44.6 Å². The third-order valence-electron chi connectivity index (χ3n) is 16.6. The number of nitrogens with zero attached hydrogens (tertiary/aromatic N) is 14. The van der Waals surface area contributed by atoms with Crippen LogP contribution in [0.15, 0.2) is 146 Å². The van der Waals surface area contributed by atoms with E-state index in [2.05, 4.69) is 129 Å².